The second kappa shape index (κ2) is 9.08. The normalized spacial score (nSPS) is 10.5. The molecule has 2 aromatic carbocycles. The van der Waals surface area contributed by atoms with Crippen molar-refractivity contribution in [2.45, 2.75) is 19.8 Å². The van der Waals surface area contributed by atoms with Crippen molar-refractivity contribution in [3.05, 3.63) is 88.8 Å². The molecular formula is C20H19ClN2O3. The first-order valence-electron chi connectivity index (χ1n) is 8.17. The third-order valence-corrected chi connectivity index (χ3v) is 3.86. The number of benzene rings is 2. The minimum absolute atomic E-state index is 0.285. The van der Waals surface area contributed by atoms with E-state index in [4.69, 9.17) is 20.8 Å². The lowest BCUT2D eigenvalue weighted by Crippen LogP contribution is -2.28. The molecule has 6 heteroatoms. The lowest BCUT2D eigenvalue weighted by Gasteiger charge is -2.09. The van der Waals surface area contributed by atoms with Crippen LogP contribution in [0.15, 0.2) is 71.3 Å². The van der Waals surface area contributed by atoms with Gasteiger partial charge in [0.1, 0.15) is 12.4 Å². The molecule has 0 saturated heterocycles. The second-order valence-electron chi connectivity index (χ2n) is 5.71. The molecule has 3 rings (SSSR count). The van der Waals surface area contributed by atoms with E-state index in [9.17, 15) is 4.79 Å². The first kappa shape index (κ1) is 18.0. The van der Waals surface area contributed by atoms with Crippen LogP contribution in [0, 0.1) is 0 Å². The Bertz CT molecular complexity index is 850. The Morgan fingerprint density at radius 2 is 1.85 bits per heavy atom. The molecule has 0 bridgehead atoms. The lowest BCUT2D eigenvalue weighted by atomic mass is 10.1. The van der Waals surface area contributed by atoms with E-state index in [2.05, 4.69) is 10.6 Å². The van der Waals surface area contributed by atoms with Crippen LogP contribution in [-0.2, 0) is 24.5 Å². The minimum atomic E-state index is -0.285. The molecule has 0 aliphatic rings. The molecule has 2 N–H and O–H groups in total. The van der Waals surface area contributed by atoms with Crippen LogP contribution in [0.2, 0.25) is 5.02 Å². The van der Waals surface area contributed by atoms with Crippen molar-refractivity contribution in [1.29, 1.82) is 0 Å². The van der Waals surface area contributed by atoms with Gasteiger partial charge in [-0.1, -0.05) is 41.9 Å². The molecule has 0 radical (unpaired) electrons. The Hall–Kier alpha value is -2.76. The number of rotatable bonds is 7. The number of carbonyl (C=O) groups is 1. The summed E-state index contributed by atoms with van der Waals surface area (Å²) >= 11 is 5.90. The molecule has 0 fully saturated rings. The molecule has 1 aromatic heterocycles. The standard InChI is InChI=1S/C20H19ClN2O3/c21-17-6-2-7-18(11-17)23-20(24)22-12-15-4-1-5-16(10-15)13-25-14-19-8-3-9-26-19/h1-11H,12-14H2,(H2,22,23,24). The Balaban J connectivity index is 1.46. The predicted molar refractivity (Wildman–Crippen MR) is 101 cm³/mol. The first-order chi connectivity index (χ1) is 12.7. The molecule has 2 amide bonds. The molecule has 5 nitrogen and oxygen atoms in total. The maximum absolute atomic E-state index is 12.0. The van der Waals surface area contributed by atoms with Gasteiger partial charge in [-0.2, -0.15) is 0 Å². The van der Waals surface area contributed by atoms with Gasteiger partial charge in [0.05, 0.1) is 12.9 Å². The smallest absolute Gasteiger partial charge is 0.319 e. The number of hydrogen-bond acceptors (Lipinski definition) is 3. The van der Waals surface area contributed by atoms with Crippen LogP contribution in [0.5, 0.6) is 0 Å². The fourth-order valence-corrected chi connectivity index (χ4v) is 2.61. The lowest BCUT2D eigenvalue weighted by molar-refractivity contribution is 0.0929. The van der Waals surface area contributed by atoms with Gasteiger partial charge in [-0.15, -0.1) is 0 Å². The zero-order valence-electron chi connectivity index (χ0n) is 14.1. The van der Waals surface area contributed by atoms with E-state index in [0.717, 1.165) is 16.9 Å². The first-order valence-corrected chi connectivity index (χ1v) is 8.55. The number of urea groups is 1. The Labute approximate surface area is 156 Å². The zero-order chi connectivity index (χ0) is 18.2. The molecule has 0 spiro atoms. The van der Waals surface area contributed by atoms with Crippen LogP contribution < -0.4 is 10.6 Å². The Morgan fingerprint density at radius 3 is 2.65 bits per heavy atom. The summed E-state index contributed by atoms with van der Waals surface area (Å²) in [6, 6.07) is 18.3. The van der Waals surface area contributed by atoms with Crippen LogP contribution in [0.25, 0.3) is 0 Å². The summed E-state index contributed by atoms with van der Waals surface area (Å²) in [4.78, 5) is 12.0. The third kappa shape index (κ3) is 5.65. The molecule has 1 heterocycles. The zero-order valence-corrected chi connectivity index (χ0v) is 14.8. The van der Waals surface area contributed by atoms with E-state index in [1.165, 1.54) is 0 Å². The molecule has 0 aliphatic heterocycles. The summed E-state index contributed by atoms with van der Waals surface area (Å²) in [7, 11) is 0. The number of furan rings is 1. The fourth-order valence-electron chi connectivity index (χ4n) is 2.42. The summed E-state index contributed by atoms with van der Waals surface area (Å²) in [5.41, 5.74) is 2.67. The average Bonchev–Trinajstić information content (AvgIpc) is 3.14. The van der Waals surface area contributed by atoms with Crippen LogP contribution in [0.4, 0.5) is 10.5 Å². The summed E-state index contributed by atoms with van der Waals surface area (Å²) < 4.78 is 10.9. The molecule has 0 unspecified atom stereocenters. The van der Waals surface area contributed by atoms with Crippen LogP contribution in [-0.4, -0.2) is 6.03 Å². The second-order valence-corrected chi connectivity index (χ2v) is 6.15. The number of halogens is 1. The van der Waals surface area contributed by atoms with Crippen molar-refractivity contribution < 1.29 is 13.9 Å². The highest BCUT2D eigenvalue weighted by molar-refractivity contribution is 6.30. The van der Waals surface area contributed by atoms with Gasteiger partial charge in [0.25, 0.3) is 0 Å². The van der Waals surface area contributed by atoms with Crippen molar-refractivity contribution in [3.63, 3.8) is 0 Å². The molecule has 3 aromatic rings. The van der Waals surface area contributed by atoms with E-state index >= 15 is 0 Å². The van der Waals surface area contributed by atoms with Crippen molar-refractivity contribution in [2.75, 3.05) is 5.32 Å². The highest BCUT2D eigenvalue weighted by Gasteiger charge is 2.03. The SMILES string of the molecule is O=C(NCc1cccc(COCc2ccco2)c1)Nc1cccc(Cl)c1. The molecule has 0 aliphatic carbocycles. The van der Waals surface area contributed by atoms with E-state index in [1.54, 1.807) is 30.5 Å². The van der Waals surface area contributed by atoms with Crippen molar-refractivity contribution in [1.82, 2.24) is 5.32 Å². The Kier molecular flexibility index (Phi) is 6.30. The number of hydrogen-bond donors (Lipinski definition) is 2. The maximum atomic E-state index is 12.0. The number of nitrogens with one attached hydrogen (secondary N) is 2. The quantitative estimate of drug-likeness (QED) is 0.617. The highest BCUT2D eigenvalue weighted by Crippen LogP contribution is 2.15. The van der Waals surface area contributed by atoms with Gasteiger partial charge >= 0.3 is 6.03 Å². The predicted octanol–water partition coefficient (Wildman–Crippen LogP) is 4.97. The molecule has 26 heavy (non-hydrogen) atoms. The third-order valence-electron chi connectivity index (χ3n) is 3.62. The van der Waals surface area contributed by atoms with Gasteiger partial charge in [-0.25, -0.2) is 4.79 Å². The number of ether oxygens (including phenoxy) is 1. The summed E-state index contributed by atoms with van der Waals surface area (Å²) in [5, 5.41) is 6.15. The molecular weight excluding hydrogens is 352 g/mol. The van der Waals surface area contributed by atoms with Gasteiger partial charge < -0.3 is 19.8 Å². The van der Waals surface area contributed by atoms with Crippen LogP contribution >= 0.6 is 11.6 Å². The van der Waals surface area contributed by atoms with Crippen LogP contribution in [0.1, 0.15) is 16.9 Å². The summed E-state index contributed by atoms with van der Waals surface area (Å²) in [5.74, 6) is 0.792. The molecule has 0 saturated carbocycles. The summed E-state index contributed by atoms with van der Waals surface area (Å²) in [6.07, 6.45) is 1.62. The van der Waals surface area contributed by atoms with Crippen molar-refractivity contribution >= 4 is 23.3 Å². The molecule has 134 valence electrons. The fraction of sp³-hybridized carbons (Fsp3) is 0.150. The average molecular weight is 371 g/mol. The monoisotopic (exact) mass is 370 g/mol. The van der Waals surface area contributed by atoms with E-state index in [1.807, 2.05) is 36.4 Å². The van der Waals surface area contributed by atoms with Crippen molar-refractivity contribution in [2.24, 2.45) is 0 Å². The summed E-state index contributed by atoms with van der Waals surface area (Å²) in [6.45, 7) is 1.32. The van der Waals surface area contributed by atoms with Gasteiger partial charge in [-0.05, 0) is 41.5 Å². The minimum Gasteiger partial charge on any atom is -0.467 e. The van der Waals surface area contributed by atoms with Gasteiger partial charge in [0.2, 0.25) is 0 Å². The van der Waals surface area contributed by atoms with Gasteiger partial charge in [0, 0.05) is 17.3 Å². The van der Waals surface area contributed by atoms with E-state index in [-0.39, 0.29) is 6.03 Å². The maximum Gasteiger partial charge on any atom is 0.319 e. The number of amides is 2. The number of carbonyl (C=O) groups excluding carboxylic acids is 1. The van der Waals surface area contributed by atoms with Gasteiger partial charge in [-0.3, -0.25) is 0 Å². The number of anilines is 1. The van der Waals surface area contributed by atoms with Crippen molar-refractivity contribution in [3.8, 4) is 0 Å². The van der Waals surface area contributed by atoms with Gasteiger partial charge in [0.15, 0.2) is 0 Å². The van der Waals surface area contributed by atoms with E-state index < -0.39 is 0 Å². The van der Waals surface area contributed by atoms with E-state index in [0.29, 0.717) is 30.5 Å². The highest BCUT2D eigenvalue weighted by atomic mass is 35.5. The topological polar surface area (TPSA) is 63.5 Å². The Morgan fingerprint density at radius 1 is 1.00 bits per heavy atom. The molecule has 0 atom stereocenters. The largest absolute Gasteiger partial charge is 0.467 e. The van der Waals surface area contributed by atoms with Crippen LogP contribution in [0.3, 0.4) is 0 Å².